The van der Waals surface area contributed by atoms with Crippen molar-refractivity contribution in [1.29, 1.82) is 0 Å². The summed E-state index contributed by atoms with van der Waals surface area (Å²) in [5.41, 5.74) is 3.45. The van der Waals surface area contributed by atoms with Gasteiger partial charge in [0.25, 0.3) is 0 Å². The van der Waals surface area contributed by atoms with E-state index < -0.39 is 0 Å². The van der Waals surface area contributed by atoms with Gasteiger partial charge in [-0.3, -0.25) is 0 Å². The van der Waals surface area contributed by atoms with Crippen molar-refractivity contribution in [3.8, 4) is 11.4 Å². The van der Waals surface area contributed by atoms with Crippen LogP contribution in [0.3, 0.4) is 0 Å². The molecule has 4 heteroatoms. The molecule has 1 aromatic heterocycles. The van der Waals surface area contributed by atoms with Gasteiger partial charge in [-0.05, 0) is 49.6 Å². The molecule has 1 N–H and O–H groups in total. The van der Waals surface area contributed by atoms with Crippen molar-refractivity contribution in [2.45, 2.75) is 27.2 Å². The van der Waals surface area contributed by atoms with E-state index in [2.05, 4.69) is 64.1 Å². The van der Waals surface area contributed by atoms with Crippen LogP contribution in [0.25, 0.3) is 11.4 Å². The topological polar surface area (TPSA) is 37.8 Å². The SMILES string of the molecule is CCCNc1ccnc(-c2cc(C)c(Br)c(C)c2)n1. The number of nitrogens with zero attached hydrogens (tertiary/aromatic N) is 2. The Kier molecular flexibility index (Phi) is 4.53. The van der Waals surface area contributed by atoms with Crippen molar-refractivity contribution in [3.05, 3.63) is 40.0 Å². The molecule has 0 aliphatic carbocycles. The monoisotopic (exact) mass is 319 g/mol. The fourth-order valence-electron chi connectivity index (χ4n) is 1.92. The first-order valence-corrected chi connectivity index (χ1v) is 7.25. The zero-order valence-electron chi connectivity index (χ0n) is 11.5. The number of hydrogen-bond acceptors (Lipinski definition) is 3. The molecular weight excluding hydrogens is 302 g/mol. The fourth-order valence-corrected chi connectivity index (χ4v) is 2.15. The second kappa shape index (κ2) is 6.15. The van der Waals surface area contributed by atoms with Crippen LogP contribution in [-0.2, 0) is 0 Å². The van der Waals surface area contributed by atoms with E-state index in [0.29, 0.717) is 0 Å². The van der Waals surface area contributed by atoms with Gasteiger partial charge in [0.05, 0.1) is 0 Å². The van der Waals surface area contributed by atoms with Gasteiger partial charge in [0, 0.05) is 22.8 Å². The zero-order valence-corrected chi connectivity index (χ0v) is 13.1. The molecule has 0 saturated heterocycles. The predicted octanol–water partition coefficient (Wildman–Crippen LogP) is 4.34. The maximum absolute atomic E-state index is 4.55. The Morgan fingerprint density at radius 3 is 2.53 bits per heavy atom. The number of benzene rings is 1. The molecule has 0 unspecified atom stereocenters. The summed E-state index contributed by atoms with van der Waals surface area (Å²) < 4.78 is 1.15. The summed E-state index contributed by atoms with van der Waals surface area (Å²) in [5, 5.41) is 3.28. The van der Waals surface area contributed by atoms with E-state index in [9.17, 15) is 0 Å². The molecule has 0 fully saturated rings. The van der Waals surface area contributed by atoms with Gasteiger partial charge in [-0.15, -0.1) is 0 Å². The van der Waals surface area contributed by atoms with Crippen LogP contribution in [0.1, 0.15) is 24.5 Å². The summed E-state index contributed by atoms with van der Waals surface area (Å²) in [4.78, 5) is 8.92. The Morgan fingerprint density at radius 2 is 1.89 bits per heavy atom. The van der Waals surface area contributed by atoms with E-state index in [0.717, 1.165) is 34.6 Å². The third kappa shape index (κ3) is 3.32. The first-order chi connectivity index (χ1) is 9.11. The number of halogens is 1. The van der Waals surface area contributed by atoms with Gasteiger partial charge in [0.2, 0.25) is 0 Å². The highest BCUT2D eigenvalue weighted by Crippen LogP contribution is 2.27. The average molecular weight is 320 g/mol. The molecule has 3 nitrogen and oxygen atoms in total. The van der Waals surface area contributed by atoms with Gasteiger partial charge in [0.1, 0.15) is 5.82 Å². The quantitative estimate of drug-likeness (QED) is 0.910. The van der Waals surface area contributed by atoms with E-state index in [-0.39, 0.29) is 0 Å². The van der Waals surface area contributed by atoms with E-state index >= 15 is 0 Å². The summed E-state index contributed by atoms with van der Waals surface area (Å²) in [6.07, 6.45) is 2.88. The molecule has 0 saturated carbocycles. The van der Waals surface area contributed by atoms with Crippen LogP contribution in [0.5, 0.6) is 0 Å². The Labute approximate surface area is 122 Å². The molecule has 0 atom stereocenters. The Morgan fingerprint density at radius 1 is 1.21 bits per heavy atom. The lowest BCUT2D eigenvalue weighted by molar-refractivity contribution is 0.966. The highest BCUT2D eigenvalue weighted by Gasteiger charge is 2.07. The number of rotatable bonds is 4. The van der Waals surface area contributed by atoms with Crippen molar-refractivity contribution in [1.82, 2.24) is 9.97 Å². The molecule has 0 aliphatic heterocycles. The molecule has 2 aromatic rings. The normalized spacial score (nSPS) is 10.5. The Hall–Kier alpha value is -1.42. The van der Waals surface area contributed by atoms with Crippen molar-refractivity contribution in [3.63, 3.8) is 0 Å². The van der Waals surface area contributed by atoms with Crippen molar-refractivity contribution >= 4 is 21.7 Å². The number of nitrogens with one attached hydrogen (secondary N) is 1. The molecule has 0 amide bonds. The maximum Gasteiger partial charge on any atom is 0.161 e. The van der Waals surface area contributed by atoms with Crippen LogP contribution >= 0.6 is 15.9 Å². The van der Waals surface area contributed by atoms with Gasteiger partial charge in [0.15, 0.2) is 5.82 Å². The van der Waals surface area contributed by atoms with E-state index in [1.807, 2.05) is 6.07 Å². The number of hydrogen-bond donors (Lipinski definition) is 1. The van der Waals surface area contributed by atoms with Crippen LogP contribution in [0, 0.1) is 13.8 Å². The first kappa shape index (κ1) is 14.0. The minimum atomic E-state index is 0.764. The second-order valence-corrected chi connectivity index (χ2v) is 5.41. The average Bonchev–Trinajstić information content (AvgIpc) is 2.42. The van der Waals surface area contributed by atoms with Gasteiger partial charge < -0.3 is 5.32 Å². The first-order valence-electron chi connectivity index (χ1n) is 6.46. The number of aryl methyl sites for hydroxylation is 2. The van der Waals surface area contributed by atoms with Gasteiger partial charge in [-0.2, -0.15) is 0 Å². The molecule has 19 heavy (non-hydrogen) atoms. The van der Waals surface area contributed by atoms with Gasteiger partial charge in [-0.1, -0.05) is 22.9 Å². The van der Waals surface area contributed by atoms with Gasteiger partial charge in [-0.25, -0.2) is 9.97 Å². The molecule has 0 aliphatic rings. The van der Waals surface area contributed by atoms with Crippen molar-refractivity contribution in [2.24, 2.45) is 0 Å². The smallest absolute Gasteiger partial charge is 0.161 e. The van der Waals surface area contributed by atoms with Crippen molar-refractivity contribution in [2.75, 3.05) is 11.9 Å². The number of aromatic nitrogens is 2. The van der Waals surface area contributed by atoms with E-state index in [1.165, 1.54) is 11.1 Å². The van der Waals surface area contributed by atoms with E-state index in [1.54, 1.807) is 6.20 Å². The highest BCUT2D eigenvalue weighted by atomic mass is 79.9. The number of anilines is 1. The van der Waals surface area contributed by atoms with Crippen LogP contribution in [0.2, 0.25) is 0 Å². The molecular formula is C15H18BrN3. The molecule has 100 valence electrons. The lowest BCUT2D eigenvalue weighted by Crippen LogP contribution is -2.03. The largest absolute Gasteiger partial charge is 0.370 e. The third-order valence-corrected chi connectivity index (χ3v) is 4.16. The summed E-state index contributed by atoms with van der Waals surface area (Å²) >= 11 is 3.58. The summed E-state index contributed by atoms with van der Waals surface area (Å²) in [5.74, 6) is 1.64. The summed E-state index contributed by atoms with van der Waals surface area (Å²) in [7, 11) is 0. The molecule has 1 aromatic carbocycles. The Bertz CT molecular complexity index is 558. The summed E-state index contributed by atoms with van der Waals surface area (Å²) in [6, 6.07) is 6.11. The fraction of sp³-hybridized carbons (Fsp3) is 0.333. The maximum atomic E-state index is 4.55. The Balaban J connectivity index is 2.36. The van der Waals surface area contributed by atoms with E-state index in [4.69, 9.17) is 0 Å². The molecule has 0 spiro atoms. The molecule has 0 bridgehead atoms. The highest BCUT2D eigenvalue weighted by molar-refractivity contribution is 9.10. The lowest BCUT2D eigenvalue weighted by atomic mass is 10.1. The second-order valence-electron chi connectivity index (χ2n) is 4.62. The molecule has 0 radical (unpaired) electrons. The summed E-state index contributed by atoms with van der Waals surface area (Å²) in [6.45, 7) is 7.23. The standard InChI is InChI=1S/C15H18BrN3/c1-4-6-17-13-5-7-18-15(19-13)12-8-10(2)14(16)11(3)9-12/h5,7-9H,4,6H2,1-3H3,(H,17,18,19). The van der Waals surface area contributed by atoms with Gasteiger partial charge >= 0.3 is 0 Å². The van der Waals surface area contributed by atoms with Crippen LogP contribution < -0.4 is 5.32 Å². The van der Waals surface area contributed by atoms with Crippen LogP contribution in [0.4, 0.5) is 5.82 Å². The van der Waals surface area contributed by atoms with Crippen LogP contribution in [-0.4, -0.2) is 16.5 Å². The van der Waals surface area contributed by atoms with Crippen molar-refractivity contribution < 1.29 is 0 Å². The third-order valence-electron chi connectivity index (χ3n) is 2.91. The predicted molar refractivity (Wildman–Crippen MR) is 83.4 cm³/mol. The lowest BCUT2D eigenvalue weighted by Gasteiger charge is -2.09. The minimum Gasteiger partial charge on any atom is -0.370 e. The minimum absolute atomic E-state index is 0.764. The van der Waals surface area contributed by atoms with Crippen LogP contribution in [0.15, 0.2) is 28.9 Å². The molecule has 1 heterocycles. The zero-order chi connectivity index (χ0) is 13.8. The molecule has 2 rings (SSSR count).